The Morgan fingerprint density at radius 1 is 1.31 bits per heavy atom. The number of carboxylic acid groups (broad SMARTS) is 1. The SMILES string of the molecule is Nc1nccc2c1c(C(=O)Nc1nc3cc(Cl)ccc3o1)nn2C1CCCN(C(=O)O)C1. The molecule has 4 aromatic rings. The molecule has 4 heterocycles. The highest BCUT2D eigenvalue weighted by molar-refractivity contribution is 6.31. The summed E-state index contributed by atoms with van der Waals surface area (Å²) in [7, 11) is 0. The predicted octanol–water partition coefficient (Wildman–Crippen LogP) is 3.38. The number of halogens is 1. The van der Waals surface area contributed by atoms with E-state index in [0.29, 0.717) is 40.0 Å². The molecule has 0 aliphatic carbocycles. The summed E-state index contributed by atoms with van der Waals surface area (Å²) in [5.41, 5.74) is 7.71. The van der Waals surface area contributed by atoms with Gasteiger partial charge in [0.25, 0.3) is 5.91 Å². The van der Waals surface area contributed by atoms with Crippen molar-refractivity contribution in [2.75, 3.05) is 24.1 Å². The van der Waals surface area contributed by atoms with Crippen molar-refractivity contribution in [3.8, 4) is 0 Å². The maximum Gasteiger partial charge on any atom is 0.407 e. The standard InChI is InChI=1S/C20H18ClN7O4/c21-10-3-4-14-12(8-10)24-19(32-14)25-18(29)16-15-13(5-6-23-17(15)22)28(26-16)11-2-1-7-27(9-11)20(30)31/h3-6,8,11H,1-2,7,9H2,(H2,22,23)(H,30,31)(H,24,25,29). The monoisotopic (exact) mass is 455 g/mol. The van der Waals surface area contributed by atoms with Gasteiger partial charge in [-0.05, 0) is 37.1 Å². The molecule has 0 saturated carbocycles. The zero-order valence-electron chi connectivity index (χ0n) is 16.7. The minimum atomic E-state index is -0.985. The van der Waals surface area contributed by atoms with Crippen molar-refractivity contribution < 1.29 is 19.1 Å². The number of nitrogens with zero attached hydrogens (tertiary/aromatic N) is 5. The van der Waals surface area contributed by atoms with Gasteiger partial charge in [0.2, 0.25) is 0 Å². The number of likely N-dealkylation sites (tertiary alicyclic amines) is 1. The van der Waals surface area contributed by atoms with E-state index in [9.17, 15) is 14.7 Å². The average molecular weight is 456 g/mol. The number of amides is 2. The number of fused-ring (bicyclic) bond motifs is 2. The number of carbonyl (C=O) groups excluding carboxylic acids is 1. The van der Waals surface area contributed by atoms with Crippen LogP contribution in [-0.4, -0.2) is 54.8 Å². The smallest absolute Gasteiger partial charge is 0.407 e. The van der Waals surface area contributed by atoms with Crippen LogP contribution < -0.4 is 11.1 Å². The largest absolute Gasteiger partial charge is 0.465 e. The Bertz CT molecular complexity index is 1360. The third kappa shape index (κ3) is 3.46. The molecule has 1 atom stereocenters. The predicted molar refractivity (Wildman–Crippen MR) is 117 cm³/mol. The molecule has 0 radical (unpaired) electrons. The summed E-state index contributed by atoms with van der Waals surface area (Å²) in [6.45, 7) is 0.727. The molecule has 1 aliphatic rings. The first-order valence-electron chi connectivity index (χ1n) is 9.88. The van der Waals surface area contributed by atoms with Crippen LogP contribution in [0.2, 0.25) is 5.02 Å². The molecule has 1 fully saturated rings. The lowest BCUT2D eigenvalue weighted by Gasteiger charge is -2.31. The van der Waals surface area contributed by atoms with E-state index in [0.717, 1.165) is 6.42 Å². The number of hydrogen-bond donors (Lipinski definition) is 3. The molecule has 0 spiro atoms. The van der Waals surface area contributed by atoms with Gasteiger partial charge in [-0.15, -0.1) is 0 Å². The summed E-state index contributed by atoms with van der Waals surface area (Å²) in [5.74, 6) is -0.425. The summed E-state index contributed by atoms with van der Waals surface area (Å²) in [4.78, 5) is 34.2. The third-order valence-corrected chi connectivity index (χ3v) is 5.68. The van der Waals surface area contributed by atoms with Gasteiger partial charge in [-0.3, -0.25) is 14.8 Å². The van der Waals surface area contributed by atoms with Crippen molar-refractivity contribution in [3.05, 3.63) is 41.2 Å². The molecular formula is C20H18ClN7O4. The molecule has 1 aromatic carbocycles. The van der Waals surface area contributed by atoms with Crippen LogP contribution in [0.4, 0.5) is 16.6 Å². The van der Waals surface area contributed by atoms with Gasteiger partial charge in [0.1, 0.15) is 11.3 Å². The molecule has 3 aromatic heterocycles. The molecule has 1 unspecified atom stereocenters. The second-order valence-corrected chi connectivity index (χ2v) is 7.93. The highest BCUT2D eigenvalue weighted by atomic mass is 35.5. The highest BCUT2D eigenvalue weighted by Gasteiger charge is 2.29. The number of hydrogen-bond acceptors (Lipinski definition) is 7. The Labute approximate surface area is 185 Å². The number of anilines is 2. The third-order valence-electron chi connectivity index (χ3n) is 5.45. The summed E-state index contributed by atoms with van der Waals surface area (Å²) >= 11 is 5.98. The van der Waals surface area contributed by atoms with Crippen molar-refractivity contribution >= 4 is 57.4 Å². The Kier molecular flexibility index (Phi) is 4.82. The molecule has 1 aliphatic heterocycles. The van der Waals surface area contributed by atoms with Crippen molar-refractivity contribution in [2.45, 2.75) is 18.9 Å². The Balaban J connectivity index is 1.51. The van der Waals surface area contributed by atoms with Crippen molar-refractivity contribution in [1.82, 2.24) is 24.6 Å². The number of nitrogens with one attached hydrogen (secondary N) is 1. The van der Waals surface area contributed by atoms with Crippen LogP contribution in [0.25, 0.3) is 22.0 Å². The fourth-order valence-corrected chi connectivity index (χ4v) is 4.15. The maximum absolute atomic E-state index is 13.1. The molecule has 32 heavy (non-hydrogen) atoms. The van der Waals surface area contributed by atoms with Crippen LogP contribution in [0.15, 0.2) is 34.9 Å². The lowest BCUT2D eigenvalue weighted by molar-refractivity contribution is 0.101. The quantitative estimate of drug-likeness (QED) is 0.425. The van der Waals surface area contributed by atoms with E-state index in [2.05, 4.69) is 20.4 Å². The van der Waals surface area contributed by atoms with E-state index in [4.69, 9.17) is 21.8 Å². The Hall–Kier alpha value is -3.86. The lowest BCUT2D eigenvalue weighted by Crippen LogP contribution is -2.40. The fourth-order valence-electron chi connectivity index (χ4n) is 3.99. The van der Waals surface area contributed by atoms with E-state index < -0.39 is 12.0 Å². The van der Waals surface area contributed by atoms with Crippen LogP contribution in [0, 0.1) is 0 Å². The first kappa shape index (κ1) is 20.1. The maximum atomic E-state index is 13.1. The first-order valence-corrected chi connectivity index (χ1v) is 10.3. The molecular weight excluding hydrogens is 438 g/mol. The summed E-state index contributed by atoms with van der Waals surface area (Å²) in [5, 5.41) is 17.4. The van der Waals surface area contributed by atoms with E-state index >= 15 is 0 Å². The molecule has 4 N–H and O–H groups in total. The number of rotatable bonds is 3. The summed E-state index contributed by atoms with van der Waals surface area (Å²) in [6.07, 6.45) is 1.95. The molecule has 164 valence electrons. The summed E-state index contributed by atoms with van der Waals surface area (Å²) < 4.78 is 7.22. The van der Waals surface area contributed by atoms with Gasteiger partial charge in [-0.25, -0.2) is 9.78 Å². The lowest BCUT2D eigenvalue weighted by atomic mass is 10.1. The van der Waals surface area contributed by atoms with Gasteiger partial charge in [-0.2, -0.15) is 10.1 Å². The highest BCUT2D eigenvalue weighted by Crippen LogP contribution is 2.30. The molecule has 5 rings (SSSR count). The van der Waals surface area contributed by atoms with Crippen molar-refractivity contribution in [1.29, 1.82) is 0 Å². The minimum Gasteiger partial charge on any atom is -0.465 e. The number of nitrogen functional groups attached to an aromatic ring is 1. The molecule has 11 nitrogen and oxygen atoms in total. The van der Waals surface area contributed by atoms with Crippen LogP contribution in [0.1, 0.15) is 29.4 Å². The topological polar surface area (TPSA) is 152 Å². The van der Waals surface area contributed by atoms with E-state index in [1.165, 1.54) is 11.1 Å². The number of pyridine rings is 1. The Morgan fingerprint density at radius 2 is 2.16 bits per heavy atom. The number of aromatic nitrogens is 4. The molecule has 1 saturated heterocycles. The van der Waals surface area contributed by atoms with Crippen molar-refractivity contribution in [2.24, 2.45) is 0 Å². The zero-order valence-corrected chi connectivity index (χ0v) is 17.4. The number of carbonyl (C=O) groups is 2. The first-order chi connectivity index (χ1) is 15.4. The van der Waals surface area contributed by atoms with Crippen LogP contribution in [-0.2, 0) is 0 Å². The zero-order chi connectivity index (χ0) is 22.4. The fraction of sp³-hybridized carbons (Fsp3) is 0.250. The normalized spacial score (nSPS) is 16.5. The van der Waals surface area contributed by atoms with Crippen LogP contribution >= 0.6 is 11.6 Å². The van der Waals surface area contributed by atoms with Gasteiger partial charge >= 0.3 is 12.1 Å². The number of nitrogens with two attached hydrogens (primary N) is 1. The van der Waals surface area contributed by atoms with Crippen LogP contribution in [0.3, 0.4) is 0 Å². The van der Waals surface area contributed by atoms with E-state index in [-0.39, 0.29) is 30.1 Å². The minimum absolute atomic E-state index is 0.00727. The summed E-state index contributed by atoms with van der Waals surface area (Å²) in [6, 6.07) is 6.40. The Morgan fingerprint density at radius 3 is 2.97 bits per heavy atom. The number of oxazole rings is 1. The molecule has 12 heteroatoms. The average Bonchev–Trinajstić information content (AvgIpc) is 3.35. The van der Waals surface area contributed by atoms with Gasteiger partial charge < -0.3 is 20.2 Å². The van der Waals surface area contributed by atoms with Gasteiger partial charge in [-0.1, -0.05) is 11.6 Å². The van der Waals surface area contributed by atoms with Gasteiger partial charge in [0.15, 0.2) is 11.3 Å². The number of piperidine rings is 1. The van der Waals surface area contributed by atoms with E-state index in [1.807, 2.05) is 0 Å². The van der Waals surface area contributed by atoms with E-state index in [1.54, 1.807) is 28.9 Å². The van der Waals surface area contributed by atoms with Gasteiger partial charge in [0, 0.05) is 24.3 Å². The van der Waals surface area contributed by atoms with Crippen LogP contribution in [0.5, 0.6) is 0 Å². The molecule has 2 amide bonds. The van der Waals surface area contributed by atoms with Gasteiger partial charge in [0.05, 0.1) is 16.9 Å². The van der Waals surface area contributed by atoms with Crippen molar-refractivity contribution in [3.63, 3.8) is 0 Å². The second-order valence-electron chi connectivity index (χ2n) is 7.49. The number of benzene rings is 1. The molecule has 0 bridgehead atoms. The second kappa shape index (κ2) is 7.68.